The first-order chi connectivity index (χ1) is 6.34. The van der Waals surface area contributed by atoms with E-state index in [1.165, 1.54) is 6.92 Å². The Hall–Kier alpha value is -1.62. The molecule has 0 atom stereocenters. The van der Waals surface area contributed by atoms with Gasteiger partial charge in [-0.05, 0) is 6.92 Å². The largest absolute Gasteiger partial charge is 0.457 e. The van der Waals surface area contributed by atoms with Gasteiger partial charge in [0, 0.05) is 6.92 Å². The van der Waals surface area contributed by atoms with Crippen LogP contribution in [0.5, 0.6) is 0 Å². The summed E-state index contributed by atoms with van der Waals surface area (Å²) in [6.07, 6.45) is 0. The molecule has 0 radical (unpaired) electrons. The fraction of sp³-hybridized carbons (Fsp3) is 0.571. The van der Waals surface area contributed by atoms with Gasteiger partial charge in [0.05, 0.1) is 6.61 Å². The molecule has 0 bridgehead atoms. The lowest BCUT2D eigenvalue weighted by Gasteiger charge is -2.03. The van der Waals surface area contributed by atoms with Crippen LogP contribution in [0.3, 0.4) is 0 Å². The highest BCUT2D eigenvalue weighted by atomic mass is 19.3. The van der Waals surface area contributed by atoms with Crippen LogP contribution in [-0.2, 0) is 14.3 Å². The zero-order chi connectivity index (χ0) is 11.4. The third kappa shape index (κ3) is 3.02. The zero-order valence-electron chi connectivity index (χ0n) is 7.58. The van der Waals surface area contributed by atoms with Crippen LogP contribution in [0.2, 0.25) is 0 Å². The first kappa shape index (κ1) is 12.4. The van der Waals surface area contributed by atoms with E-state index in [1.807, 2.05) is 0 Å². The summed E-state index contributed by atoms with van der Waals surface area (Å²) in [5.74, 6) is -7.02. The lowest BCUT2D eigenvalue weighted by atomic mass is 10.1. The van der Waals surface area contributed by atoms with E-state index in [0.29, 0.717) is 6.92 Å². The summed E-state index contributed by atoms with van der Waals surface area (Å²) in [6.45, 7) is 1.60. The van der Waals surface area contributed by atoms with Gasteiger partial charge in [-0.2, -0.15) is 13.6 Å². The van der Waals surface area contributed by atoms with E-state index in [9.17, 15) is 18.4 Å². The van der Waals surface area contributed by atoms with E-state index in [1.54, 1.807) is 0 Å². The summed E-state index contributed by atoms with van der Waals surface area (Å²) in [6, 6.07) is 0. The Labute approximate surface area is 78.3 Å². The number of hydrogen-bond donors (Lipinski definition) is 0. The number of Topliss-reactive ketones (excluding diaryl/α,β-unsaturated/α-hetero) is 1. The van der Waals surface area contributed by atoms with Crippen LogP contribution >= 0.6 is 0 Å². The molecule has 0 N–H and O–H groups in total. The number of alkyl halides is 2. The highest BCUT2D eigenvalue weighted by Crippen LogP contribution is 2.13. The number of nitrogens with zero attached hydrogens (tertiary/aromatic N) is 2. The van der Waals surface area contributed by atoms with E-state index in [2.05, 4.69) is 9.53 Å². The molecule has 0 aliphatic rings. The molecule has 0 rings (SSSR count). The summed E-state index contributed by atoms with van der Waals surface area (Å²) in [7, 11) is 0. The minimum atomic E-state index is -3.77. The van der Waals surface area contributed by atoms with Gasteiger partial charge < -0.3 is 10.3 Å². The average molecular weight is 206 g/mol. The second kappa shape index (κ2) is 4.57. The number of ether oxygens (including phenoxy) is 1. The van der Waals surface area contributed by atoms with Crippen LogP contribution in [-0.4, -0.2) is 34.8 Å². The number of carbonyl (C=O) groups excluding carboxylic acids is 2. The summed E-state index contributed by atoms with van der Waals surface area (Å²) >= 11 is 0. The van der Waals surface area contributed by atoms with Crippen molar-refractivity contribution in [2.45, 2.75) is 19.8 Å². The van der Waals surface area contributed by atoms with Crippen molar-refractivity contribution in [3.8, 4) is 0 Å². The van der Waals surface area contributed by atoms with Gasteiger partial charge in [0.1, 0.15) is 0 Å². The van der Waals surface area contributed by atoms with Gasteiger partial charge in [-0.1, -0.05) is 0 Å². The smallest absolute Gasteiger partial charge is 0.447 e. The van der Waals surface area contributed by atoms with Crippen molar-refractivity contribution in [2.24, 2.45) is 0 Å². The van der Waals surface area contributed by atoms with E-state index >= 15 is 0 Å². The first-order valence-electron chi connectivity index (χ1n) is 3.66. The first-order valence-corrected chi connectivity index (χ1v) is 3.66. The van der Waals surface area contributed by atoms with Gasteiger partial charge in [-0.3, -0.25) is 4.79 Å². The van der Waals surface area contributed by atoms with Gasteiger partial charge in [0.2, 0.25) is 0 Å². The molecule has 0 aliphatic heterocycles. The minimum absolute atomic E-state index is 0.111. The van der Waals surface area contributed by atoms with Crippen molar-refractivity contribution in [1.29, 1.82) is 0 Å². The molecule has 0 unspecified atom stereocenters. The molecule has 0 aromatic heterocycles. The molecule has 0 aliphatic carbocycles. The number of halogens is 2. The molecule has 0 fully saturated rings. The lowest BCUT2D eigenvalue weighted by Crippen LogP contribution is -2.38. The fourth-order valence-electron chi connectivity index (χ4n) is 0.586. The van der Waals surface area contributed by atoms with Crippen molar-refractivity contribution in [3.63, 3.8) is 0 Å². The van der Waals surface area contributed by atoms with Crippen LogP contribution < -0.4 is 0 Å². The van der Waals surface area contributed by atoms with Gasteiger partial charge in [-0.15, -0.1) is 0 Å². The van der Waals surface area contributed by atoms with Gasteiger partial charge in [0.25, 0.3) is 0 Å². The molecule has 0 saturated carbocycles. The van der Waals surface area contributed by atoms with E-state index in [4.69, 9.17) is 5.53 Å². The molecule has 7 heteroatoms. The Morgan fingerprint density at radius 2 is 2.00 bits per heavy atom. The monoisotopic (exact) mass is 206 g/mol. The Morgan fingerprint density at radius 3 is 2.29 bits per heavy atom. The third-order valence-electron chi connectivity index (χ3n) is 1.18. The number of esters is 1. The van der Waals surface area contributed by atoms with Crippen molar-refractivity contribution in [3.05, 3.63) is 5.53 Å². The third-order valence-corrected chi connectivity index (χ3v) is 1.18. The highest BCUT2D eigenvalue weighted by Gasteiger charge is 2.46. The van der Waals surface area contributed by atoms with Crippen molar-refractivity contribution in [1.82, 2.24) is 0 Å². The Morgan fingerprint density at radius 1 is 1.50 bits per heavy atom. The fourth-order valence-corrected chi connectivity index (χ4v) is 0.586. The lowest BCUT2D eigenvalue weighted by molar-refractivity contribution is -0.147. The molecule has 0 aromatic carbocycles. The maximum Gasteiger partial charge on any atom is 0.447 e. The van der Waals surface area contributed by atoms with Crippen molar-refractivity contribution >= 4 is 17.5 Å². The average Bonchev–Trinajstić information content (AvgIpc) is 2.04. The van der Waals surface area contributed by atoms with Crippen LogP contribution in [0.15, 0.2) is 0 Å². The van der Waals surface area contributed by atoms with Crippen LogP contribution in [0.4, 0.5) is 8.78 Å². The number of carbonyl (C=O) groups is 2. The molecule has 0 saturated heterocycles. The maximum atomic E-state index is 12.4. The topological polar surface area (TPSA) is 79.8 Å². The SMILES string of the molecule is CCOC(=O)C(=[N+]=[N-])C(=O)C(C)(F)F. The molecule has 0 aromatic rings. The second-order valence-corrected chi connectivity index (χ2v) is 2.39. The van der Waals surface area contributed by atoms with Crippen molar-refractivity contribution in [2.75, 3.05) is 6.61 Å². The number of hydrogen-bond acceptors (Lipinski definition) is 3. The molecule has 5 nitrogen and oxygen atoms in total. The molecule has 0 amide bonds. The summed E-state index contributed by atoms with van der Waals surface area (Å²) in [5.41, 5.74) is 6.88. The molecule has 78 valence electrons. The Bertz CT molecular complexity index is 303. The predicted octanol–water partition coefficient (Wildman–Crippen LogP) is 0.445. The van der Waals surface area contributed by atoms with Crippen LogP contribution in [0.25, 0.3) is 5.53 Å². The molecular weight excluding hydrogens is 198 g/mol. The Kier molecular flexibility index (Phi) is 4.04. The predicted molar refractivity (Wildman–Crippen MR) is 40.9 cm³/mol. The highest BCUT2D eigenvalue weighted by molar-refractivity contribution is 6.63. The maximum absolute atomic E-state index is 12.4. The molecular formula is C7H8F2N2O3. The van der Waals surface area contributed by atoms with Gasteiger partial charge >= 0.3 is 23.4 Å². The van der Waals surface area contributed by atoms with E-state index in [0.717, 1.165) is 0 Å². The molecule has 0 heterocycles. The Balaban J connectivity index is 4.87. The van der Waals surface area contributed by atoms with Crippen LogP contribution in [0.1, 0.15) is 13.8 Å². The van der Waals surface area contributed by atoms with Gasteiger partial charge in [0.15, 0.2) is 0 Å². The molecule has 0 spiro atoms. The summed E-state index contributed by atoms with van der Waals surface area (Å²) in [5, 5.41) is 0. The normalized spacial score (nSPS) is 10.3. The van der Waals surface area contributed by atoms with E-state index < -0.39 is 23.4 Å². The number of ketones is 1. The number of rotatable bonds is 4. The minimum Gasteiger partial charge on any atom is -0.457 e. The van der Waals surface area contributed by atoms with Crippen molar-refractivity contribution < 1.29 is 27.9 Å². The second-order valence-electron chi connectivity index (χ2n) is 2.39. The van der Waals surface area contributed by atoms with Crippen LogP contribution in [0, 0.1) is 0 Å². The summed E-state index contributed by atoms with van der Waals surface area (Å²) in [4.78, 5) is 23.8. The molecule has 14 heavy (non-hydrogen) atoms. The van der Waals surface area contributed by atoms with E-state index in [-0.39, 0.29) is 6.61 Å². The zero-order valence-corrected chi connectivity index (χ0v) is 7.58. The standard InChI is InChI=1S/C7H8F2N2O3/c1-3-14-6(13)4(11-10)5(12)7(2,8)9/h3H2,1-2H3. The van der Waals surface area contributed by atoms with Gasteiger partial charge in [-0.25, -0.2) is 4.79 Å². The quantitative estimate of drug-likeness (QED) is 0.220. The summed E-state index contributed by atoms with van der Waals surface area (Å²) < 4.78 is 29.0.